The molecule has 0 bridgehead atoms. The normalized spacial score (nSPS) is 11.6. The zero-order chi connectivity index (χ0) is 11.8. The standard InChI is InChI=1S/C9H6ClFN2O2S/c10-16(14,15)8-6-12-13(9(8)11)7-4-2-1-3-5-7/h1-6H. The highest BCUT2D eigenvalue weighted by molar-refractivity contribution is 8.13. The summed E-state index contributed by atoms with van der Waals surface area (Å²) in [5.74, 6) is -0.999. The van der Waals surface area contributed by atoms with E-state index < -0.39 is 19.9 Å². The Bertz CT molecular complexity index is 610. The molecular formula is C9H6ClFN2O2S. The monoisotopic (exact) mass is 260 g/mol. The summed E-state index contributed by atoms with van der Waals surface area (Å²) in [6.45, 7) is 0. The number of hydrogen-bond donors (Lipinski definition) is 0. The van der Waals surface area contributed by atoms with Gasteiger partial charge in [-0.25, -0.2) is 13.1 Å². The van der Waals surface area contributed by atoms with E-state index in [1.54, 1.807) is 30.3 Å². The molecule has 0 radical (unpaired) electrons. The fourth-order valence-corrected chi connectivity index (χ4v) is 2.00. The van der Waals surface area contributed by atoms with Gasteiger partial charge in [-0.1, -0.05) is 18.2 Å². The quantitative estimate of drug-likeness (QED) is 0.776. The number of nitrogens with zero attached hydrogens (tertiary/aromatic N) is 2. The first kappa shape index (κ1) is 11.1. The maximum absolute atomic E-state index is 13.7. The first-order valence-corrected chi connectivity index (χ1v) is 6.54. The minimum Gasteiger partial charge on any atom is -0.207 e. The summed E-state index contributed by atoms with van der Waals surface area (Å²) in [5.41, 5.74) is 0.423. The van der Waals surface area contributed by atoms with Crippen molar-refractivity contribution in [1.82, 2.24) is 9.78 Å². The molecule has 0 saturated heterocycles. The van der Waals surface area contributed by atoms with Gasteiger partial charge in [-0.05, 0) is 12.1 Å². The van der Waals surface area contributed by atoms with Gasteiger partial charge in [0.2, 0.25) is 5.95 Å². The third-order valence-corrected chi connectivity index (χ3v) is 3.24. The number of hydrogen-bond acceptors (Lipinski definition) is 3. The van der Waals surface area contributed by atoms with Crippen LogP contribution in [0, 0.1) is 5.95 Å². The van der Waals surface area contributed by atoms with E-state index in [0.29, 0.717) is 5.69 Å². The largest absolute Gasteiger partial charge is 0.267 e. The van der Waals surface area contributed by atoms with Crippen LogP contribution in [-0.2, 0) is 9.05 Å². The summed E-state index contributed by atoms with van der Waals surface area (Å²) in [7, 11) is 0.937. The fourth-order valence-electron chi connectivity index (χ4n) is 1.23. The molecule has 0 amide bonds. The molecule has 0 N–H and O–H groups in total. The molecule has 0 saturated carbocycles. The number of benzene rings is 1. The maximum Gasteiger partial charge on any atom is 0.267 e. The second kappa shape index (κ2) is 3.88. The Morgan fingerprint density at radius 1 is 1.25 bits per heavy atom. The van der Waals surface area contributed by atoms with Crippen LogP contribution in [0.5, 0.6) is 0 Å². The fraction of sp³-hybridized carbons (Fsp3) is 0. The highest BCUT2D eigenvalue weighted by atomic mass is 35.7. The van der Waals surface area contributed by atoms with Crippen LogP contribution in [0.1, 0.15) is 0 Å². The Balaban J connectivity index is 2.59. The van der Waals surface area contributed by atoms with Gasteiger partial charge in [0.25, 0.3) is 9.05 Å². The van der Waals surface area contributed by atoms with Gasteiger partial charge in [-0.15, -0.1) is 0 Å². The van der Waals surface area contributed by atoms with E-state index in [4.69, 9.17) is 10.7 Å². The maximum atomic E-state index is 13.7. The van der Waals surface area contributed by atoms with E-state index in [0.717, 1.165) is 10.9 Å². The molecule has 0 unspecified atom stereocenters. The molecule has 2 rings (SSSR count). The average molecular weight is 261 g/mol. The van der Waals surface area contributed by atoms with E-state index >= 15 is 0 Å². The molecule has 1 heterocycles. The van der Waals surface area contributed by atoms with Crippen LogP contribution in [0.2, 0.25) is 0 Å². The van der Waals surface area contributed by atoms with Crippen LogP contribution >= 0.6 is 10.7 Å². The van der Waals surface area contributed by atoms with Crippen molar-refractivity contribution in [3.05, 3.63) is 42.5 Å². The number of para-hydroxylation sites is 1. The molecule has 84 valence electrons. The Labute approximate surface area is 95.7 Å². The zero-order valence-corrected chi connectivity index (χ0v) is 9.41. The van der Waals surface area contributed by atoms with Crippen molar-refractivity contribution in [2.45, 2.75) is 4.90 Å². The predicted octanol–water partition coefficient (Wildman–Crippen LogP) is 1.94. The van der Waals surface area contributed by atoms with Gasteiger partial charge >= 0.3 is 0 Å². The molecule has 4 nitrogen and oxygen atoms in total. The summed E-state index contributed by atoms with van der Waals surface area (Å²) >= 11 is 0. The molecule has 0 aliphatic rings. The first-order valence-electron chi connectivity index (χ1n) is 4.24. The molecule has 0 aliphatic heterocycles. The van der Waals surface area contributed by atoms with Gasteiger partial charge in [0.1, 0.15) is 0 Å². The van der Waals surface area contributed by atoms with E-state index in [1.807, 2.05) is 0 Å². The van der Waals surface area contributed by atoms with E-state index in [9.17, 15) is 12.8 Å². The van der Waals surface area contributed by atoms with Crippen LogP contribution < -0.4 is 0 Å². The van der Waals surface area contributed by atoms with Crippen molar-refractivity contribution < 1.29 is 12.8 Å². The zero-order valence-electron chi connectivity index (χ0n) is 7.84. The highest BCUT2D eigenvalue weighted by Crippen LogP contribution is 2.20. The third kappa shape index (κ3) is 1.94. The first-order chi connectivity index (χ1) is 7.50. The second-order valence-corrected chi connectivity index (χ2v) is 5.52. The summed E-state index contributed by atoms with van der Waals surface area (Å²) in [4.78, 5) is -0.627. The van der Waals surface area contributed by atoms with Gasteiger partial charge in [-0.3, -0.25) is 0 Å². The molecule has 2 aromatic rings. The lowest BCUT2D eigenvalue weighted by Gasteiger charge is -2.00. The summed E-state index contributed by atoms with van der Waals surface area (Å²) in [6.07, 6.45) is 0.880. The summed E-state index contributed by atoms with van der Waals surface area (Å²) < 4.78 is 36.5. The summed E-state index contributed by atoms with van der Waals surface area (Å²) in [5, 5.41) is 3.63. The van der Waals surface area contributed by atoms with Gasteiger partial charge < -0.3 is 0 Å². The molecule has 0 aliphatic carbocycles. The van der Waals surface area contributed by atoms with Crippen LogP contribution in [0.4, 0.5) is 4.39 Å². The predicted molar refractivity (Wildman–Crippen MR) is 56.6 cm³/mol. The molecular weight excluding hydrogens is 255 g/mol. The van der Waals surface area contributed by atoms with Crippen molar-refractivity contribution in [2.75, 3.05) is 0 Å². The molecule has 1 aromatic heterocycles. The van der Waals surface area contributed by atoms with Crippen molar-refractivity contribution in [3.8, 4) is 5.69 Å². The lowest BCUT2D eigenvalue weighted by Crippen LogP contribution is -2.01. The van der Waals surface area contributed by atoms with Crippen molar-refractivity contribution in [1.29, 1.82) is 0 Å². The molecule has 0 atom stereocenters. The van der Waals surface area contributed by atoms with Gasteiger partial charge in [0.15, 0.2) is 4.90 Å². The summed E-state index contributed by atoms with van der Waals surface area (Å²) in [6, 6.07) is 8.32. The Kier molecular flexibility index (Phi) is 2.69. The molecule has 16 heavy (non-hydrogen) atoms. The van der Waals surface area contributed by atoms with Gasteiger partial charge in [0.05, 0.1) is 11.9 Å². The van der Waals surface area contributed by atoms with Gasteiger partial charge in [0, 0.05) is 10.7 Å². The SMILES string of the molecule is O=S(=O)(Cl)c1cnn(-c2ccccc2)c1F. The topological polar surface area (TPSA) is 52.0 Å². The minimum absolute atomic E-state index is 0.423. The molecule has 0 spiro atoms. The number of halogens is 2. The molecule has 7 heteroatoms. The highest BCUT2D eigenvalue weighted by Gasteiger charge is 2.21. The second-order valence-electron chi connectivity index (χ2n) is 2.98. The lowest BCUT2D eigenvalue weighted by atomic mass is 10.3. The van der Waals surface area contributed by atoms with Crippen LogP contribution in [0.25, 0.3) is 5.69 Å². The Morgan fingerprint density at radius 3 is 2.38 bits per heavy atom. The molecule has 1 aromatic carbocycles. The Morgan fingerprint density at radius 2 is 1.88 bits per heavy atom. The lowest BCUT2D eigenvalue weighted by molar-refractivity contribution is 0.512. The van der Waals surface area contributed by atoms with Crippen LogP contribution in [0.15, 0.2) is 41.4 Å². The van der Waals surface area contributed by atoms with Crippen molar-refractivity contribution in [3.63, 3.8) is 0 Å². The molecule has 0 fully saturated rings. The number of rotatable bonds is 2. The van der Waals surface area contributed by atoms with Crippen LogP contribution in [-0.4, -0.2) is 18.2 Å². The smallest absolute Gasteiger partial charge is 0.207 e. The van der Waals surface area contributed by atoms with E-state index in [-0.39, 0.29) is 0 Å². The third-order valence-electron chi connectivity index (χ3n) is 1.94. The van der Waals surface area contributed by atoms with E-state index in [1.165, 1.54) is 0 Å². The van der Waals surface area contributed by atoms with E-state index in [2.05, 4.69) is 5.10 Å². The average Bonchev–Trinajstić information content (AvgIpc) is 2.61. The minimum atomic E-state index is -4.11. The van der Waals surface area contributed by atoms with Gasteiger partial charge in [-0.2, -0.15) is 9.49 Å². The van der Waals surface area contributed by atoms with Crippen LogP contribution in [0.3, 0.4) is 0 Å². The number of aromatic nitrogens is 2. The Hall–Kier alpha value is -1.40. The van der Waals surface area contributed by atoms with Crippen molar-refractivity contribution >= 4 is 19.7 Å². The van der Waals surface area contributed by atoms with Crippen molar-refractivity contribution in [2.24, 2.45) is 0 Å².